The Morgan fingerprint density at radius 3 is 2.65 bits per heavy atom. The van der Waals surface area contributed by atoms with Gasteiger partial charge in [-0.05, 0) is 64.2 Å². The molecule has 5 heteroatoms. The number of nitrogens with zero attached hydrogens (tertiary/aromatic N) is 3. The van der Waals surface area contributed by atoms with Crippen LogP contribution >= 0.6 is 0 Å². The van der Waals surface area contributed by atoms with Gasteiger partial charge in [-0.2, -0.15) is 0 Å². The molecule has 1 N–H and O–H groups in total. The standard InChI is InChI=1S/C18H23N3O2/c1-12-10-17(21(3)14-6-8-20(2)9-7-14)15-11-13(18(22)23)4-5-16(15)19-12/h4-5,10-11,14H,6-9H2,1-3H3,(H,22,23). The lowest BCUT2D eigenvalue weighted by Crippen LogP contribution is -2.42. The van der Waals surface area contributed by atoms with Crippen LogP contribution in [0.3, 0.4) is 0 Å². The van der Waals surface area contributed by atoms with E-state index in [4.69, 9.17) is 0 Å². The predicted molar refractivity (Wildman–Crippen MR) is 92.4 cm³/mol. The summed E-state index contributed by atoms with van der Waals surface area (Å²) in [6.45, 7) is 4.17. The summed E-state index contributed by atoms with van der Waals surface area (Å²) in [5.41, 5.74) is 3.19. The van der Waals surface area contributed by atoms with Gasteiger partial charge in [-0.3, -0.25) is 4.98 Å². The molecule has 0 amide bonds. The minimum atomic E-state index is -0.902. The van der Waals surface area contributed by atoms with E-state index in [-0.39, 0.29) is 0 Å². The highest BCUT2D eigenvalue weighted by atomic mass is 16.4. The van der Waals surface area contributed by atoms with Crippen LogP contribution in [0.25, 0.3) is 10.9 Å². The van der Waals surface area contributed by atoms with Crippen LogP contribution in [-0.2, 0) is 0 Å². The van der Waals surface area contributed by atoms with Gasteiger partial charge in [-0.15, -0.1) is 0 Å². The van der Waals surface area contributed by atoms with Crippen LogP contribution in [0.4, 0.5) is 5.69 Å². The van der Waals surface area contributed by atoms with Gasteiger partial charge in [-0.25, -0.2) is 4.79 Å². The van der Waals surface area contributed by atoms with Crippen LogP contribution in [0, 0.1) is 6.92 Å². The van der Waals surface area contributed by atoms with Crippen molar-refractivity contribution >= 4 is 22.6 Å². The first kappa shape index (κ1) is 15.7. The Labute approximate surface area is 136 Å². The van der Waals surface area contributed by atoms with Gasteiger partial charge in [0.2, 0.25) is 0 Å². The van der Waals surface area contributed by atoms with E-state index in [1.807, 2.05) is 6.92 Å². The molecule has 3 rings (SSSR count). The van der Waals surface area contributed by atoms with Crippen molar-refractivity contribution in [2.24, 2.45) is 0 Å². The van der Waals surface area contributed by atoms with E-state index in [1.54, 1.807) is 18.2 Å². The normalized spacial score (nSPS) is 16.7. The van der Waals surface area contributed by atoms with E-state index in [2.05, 4.69) is 34.9 Å². The molecule has 1 aromatic heterocycles. The summed E-state index contributed by atoms with van der Waals surface area (Å²) >= 11 is 0. The van der Waals surface area contributed by atoms with E-state index in [1.165, 1.54) is 0 Å². The van der Waals surface area contributed by atoms with E-state index in [0.29, 0.717) is 11.6 Å². The third-order valence-corrected chi connectivity index (χ3v) is 4.78. The van der Waals surface area contributed by atoms with Crippen LogP contribution in [0.2, 0.25) is 0 Å². The molecule has 23 heavy (non-hydrogen) atoms. The van der Waals surface area contributed by atoms with Crippen molar-refractivity contribution in [1.29, 1.82) is 0 Å². The van der Waals surface area contributed by atoms with Crippen LogP contribution in [0.5, 0.6) is 0 Å². The van der Waals surface area contributed by atoms with Gasteiger partial charge < -0.3 is 14.9 Å². The maximum atomic E-state index is 11.3. The van der Waals surface area contributed by atoms with E-state index in [0.717, 1.165) is 48.2 Å². The predicted octanol–water partition coefficient (Wildman–Crippen LogP) is 2.77. The van der Waals surface area contributed by atoms with Crippen molar-refractivity contribution in [3.8, 4) is 0 Å². The van der Waals surface area contributed by atoms with Gasteiger partial charge in [0.15, 0.2) is 0 Å². The average molecular weight is 313 g/mol. The van der Waals surface area contributed by atoms with Gasteiger partial charge in [-0.1, -0.05) is 0 Å². The highest BCUT2D eigenvalue weighted by Crippen LogP contribution is 2.30. The van der Waals surface area contributed by atoms with Gasteiger partial charge in [0.05, 0.1) is 11.1 Å². The molecular formula is C18H23N3O2. The molecule has 0 spiro atoms. The van der Waals surface area contributed by atoms with Gasteiger partial charge in [0, 0.05) is 29.9 Å². The second-order valence-electron chi connectivity index (χ2n) is 6.47. The molecule has 0 atom stereocenters. The van der Waals surface area contributed by atoms with Crippen LogP contribution in [0.15, 0.2) is 24.3 Å². The summed E-state index contributed by atoms with van der Waals surface area (Å²) in [7, 11) is 4.26. The second-order valence-corrected chi connectivity index (χ2v) is 6.47. The van der Waals surface area contributed by atoms with Crippen molar-refractivity contribution in [3.05, 3.63) is 35.5 Å². The monoisotopic (exact) mass is 313 g/mol. The molecule has 1 aliphatic heterocycles. The topological polar surface area (TPSA) is 56.7 Å². The fourth-order valence-corrected chi connectivity index (χ4v) is 3.34. The molecular weight excluding hydrogens is 290 g/mol. The quantitative estimate of drug-likeness (QED) is 0.944. The molecule has 0 saturated carbocycles. The van der Waals surface area contributed by atoms with Gasteiger partial charge >= 0.3 is 5.97 Å². The van der Waals surface area contributed by atoms with Crippen LogP contribution in [0.1, 0.15) is 28.9 Å². The summed E-state index contributed by atoms with van der Waals surface area (Å²) < 4.78 is 0. The Balaban J connectivity index is 2.04. The van der Waals surface area contributed by atoms with Crippen molar-refractivity contribution < 1.29 is 9.90 Å². The Morgan fingerprint density at radius 1 is 1.30 bits per heavy atom. The van der Waals surface area contributed by atoms with E-state index in [9.17, 15) is 9.90 Å². The highest BCUT2D eigenvalue weighted by molar-refractivity contribution is 5.98. The third kappa shape index (κ3) is 3.15. The van der Waals surface area contributed by atoms with Crippen molar-refractivity contribution in [1.82, 2.24) is 9.88 Å². The van der Waals surface area contributed by atoms with E-state index >= 15 is 0 Å². The average Bonchev–Trinajstić information content (AvgIpc) is 2.53. The number of fused-ring (bicyclic) bond motifs is 1. The number of piperidine rings is 1. The molecule has 0 radical (unpaired) electrons. The van der Waals surface area contributed by atoms with E-state index < -0.39 is 5.97 Å². The van der Waals surface area contributed by atoms with Crippen molar-refractivity contribution in [2.75, 3.05) is 32.1 Å². The first-order valence-corrected chi connectivity index (χ1v) is 8.02. The molecule has 5 nitrogen and oxygen atoms in total. The minimum absolute atomic E-state index is 0.307. The molecule has 1 saturated heterocycles. The second kappa shape index (κ2) is 6.16. The summed E-state index contributed by atoms with van der Waals surface area (Å²) in [6.07, 6.45) is 2.24. The Bertz CT molecular complexity index is 736. The number of hydrogen-bond donors (Lipinski definition) is 1. The number of likely N-dealkylation sites (tertiary alicyclic amines) is 1. The molecule has 0 bridgehead atoms. The van der Waals surface area contributed by atoms with Crippen molar-refractivity contribution in [2.45, 2.75) is 25.8 Å². The number of carboxylic acids is 1. The molecule has 0 aliphatic carbocycles. The maximum Gasteiger partial charge on any atom is 0.335 e. The number of benzene rings is 1. The maximum absolute atomic E-state index is 11.3. The zero-order valence-electron chi connectivity index (χ0n) is 13.9. The first-order valence-electron chi connectivity index (χ1n) is 8.02. The largest absolute Gasteiger partial charge is 0.478 e. The van der Waals surface area contributed by atoms with Crippen molar-refractivity contribution in [3.63, 3.8) is 0 Å². The number of anilines is 1. The van der Waals surface area contributed by atoms with Crippen LogP contribution in [-0.4, -0.2) is 54.2 Å². The zero-order valence-corrected chi connectivity index (χ0v) is 13.9. The van der Waals surface area contributed by atoms with Crippen LogP contribution < -0.4 is 4.90 Å². The fourth-order valence-electron chi connectivity index (χ4n) is 3.34. The number of pyridine rings is 1. The van der Waals surface area contributed by atoms with Gasteiger partial charge in [0.25, 0.3) is 0 Å². The molecule has 2 aromatic rings. The lowest BCUT2D eigenvalue weighted by molar-refractivity contribution is 0.0697. The smallest absolute Gasteiger partial charge is 0.335 e. The number of carboxylic acid groups (broad SMARTS) is 1. The SMILES string of the molecule is Cc1cc(N(C)C2CCN(C)CC2)c2cc(C(=O)O)ccc2n1. The summed E-state index contributed by atoms with van der Waals surface area (Å²) in [5.74, 6) is -0.902. The number of hydrogen-bond acceptors (Lipinski definition) is 4. The summed E-state index contributed by atoms with van der Waals surface area (Å²) in [5, 5.41) is 10.2. The number of aromatic nitrogens is 1. The first-order chi connectivity index (χ1) is 11.0. The number of carbonyl (C=O) groups is 1. The summed E-state index contributed by atoms with van der Waals surface area (Å²) in [6, 6.07) is 7.70. The summed E-state index contributed by atoms with van der Waals surface area (Å²) in [4.78, 5) is 20.5. The lowest BCUT2D eigenvalue weighted by Gasteiger charge is -2.37. The Hall–Kier alpha value is -2.14. The molecule has 1 aliphatic rings. The molecule has 1 aromatic carbocycles. The Kier molecular flexibility index (Phi) is 4.22. The number of aromatic carboxylic acids is 1. The lowest BCUT2D eigenvalue weighted by atomic mass is 10.0. The molecule has 1 fully saturated rings. The molecule has 2 heterocycles. The molecule has 122 valence electrons. The zero-order chi connectivity index (χ0) is 16.6. The van der Waals surface area contributed by atoms with Gasteiger partial charge in [0.1, 0.15) is 0 Å². The Morgan fingerprint density at radius 2 is 2.00 bits per heavy atom. The number of aryl methyl sites for hydroxylation is 1. The highest BCUT2D eigenvalue weighted by Gasteiger charge is 2.22. The fraction of sp³-hybridized carbons (Fsp3) is 0.444. The molecule has 0 unspecified atom stereocenters. The minimum Gasteiger partial charge on any atom is -0.478 e. The number of rotatable bonds is 3. The third-order valence-electron chi connectivity index (χ3n) is 4.78.